The minimum absolute atomic E-state index is 0. The van der Waals surface area contributed by atoms with Crippen molar-refractivity contribution in [3.8, 4) is 0 Å². The summed E-state index contributed by atoms with van der Waals surface area (Å²) < 4.78 is 39.4. The number of sulfonamides is 1. The summed E-state index contributed by atoms with van der Waals surface area (Å²) in [5.74, 6) is -0.427. The lowest BCUT2D eigenvalue weighted by Crippen LogP contribution is -2.32. The van der Waals surface area contributed by atoms with E-state index in [1.165, 1.54) is 16.4 Å². The van der Waals surface area contributed by atoms with Crippen molar-refractivity contribution in [2.75, 3.05) is 13.1 Å². The summed E-state index contributed by atoms with van der Waals surface area (Å²) >= 11 is 0. The smallest absolute Gasteiger partial charge is 0.243 e. The SMILES string of the molecule is Cc1ccc(F)cc1S(=O)(=O)N1CC(C)C(N)C1.Cl. The first-order chi connectivity index (χ1) is 8.32. The quantitative estimate of drug-likeness (QED) is 0.901. The summed E-state index contributed by atoms with van der Waals surface area (Å²) in [7, 11) is -3.64. The van der Waals surface area contributed by atoms with Crippen molar-refractivity contribution in [3.05, 3.63) is 29.6 Å². The first-order valence-electron chi connectivity index (χ1n) is 5.84. The largest absolute Gasteiger partial charge is 0.326 e. The van der Waals surface area contributed by atoms with Crippen LogP contribution in [0.4, 0.5) is 4.39 Å². The van der Waals surface area contributed by atoms with Crippen LogP contribution < -0.4 is 5.73 Å². The molecule has 1 heterocycles. The van der Waals surface area contributed by atoms with Gasteiger partial charge in [0.2, 0.25) is 10.0 Å². The second-order valence-corrected chi connectivity index (χ2v) is 6.78. The van der Waals surface area contributed by atoms with E-state index in [1.807, 2.05) is 6.92 Å². The van der Waals surface area contributed by atoms with Gasteiger partial charge in [-0.1, -0.05) is 13.0 Å². The molecule has 0 aromatic heterocycles. The molecule has 108 valence electrons. The lowest BCUT2D eigenvalue weighted by molar-refractivity contribution is 0.463. The zero-order chi connectivity index (χ0) is 13.5. The molecule has 1 aliphatic rings. The number of nitrogens with zero attached hydrogens (tertiary/aromatic N) is 1. The zero-order valence-corrected chi connectivity index (χ0v) is 12.5. The van der Waals surface area contributed by atoms with Crippen molar-refractivity contribution in [1.29, 1.82) is 0 Å². The van der Waals surface area contributed by atoms with E-state index in [-0.39, 0.29) is 29.3 Å². The van der Waals surface area contributed by atoms with E-state index >= 15 is 0 Å². The normalized spacial score (nSPS) is 24.2. The maximum Gasteiger partial charge on any atom is 0.243 e. The predicted molar refractivity (Wildman–Crippen MR) is 74.3 cm³/mol. The summed E-state index contributed by atoms with van der Waals surface area (Å²) in [4.78, 5) is 0.0313. The van der Waals surface area contributed by atoms with Gasteiger partial charge in [-0.3, -0.25) is 0 Å². The van der Waals surface area contributed by atoms with Crippen molar-refractivity contribution >= 4 is 22.4 Å². The number of rotatable bonds is 2. The fourth-order valence-corrected chi connectivity index (χ4v) is 3.95. The Morgan fingerprint density at radius 1 is 1.37 bits per heavy atom. The van der Waals surface area contributed by atoms with Crippen molar-refractivity contribution < 1.29 is 12.8 Å². The van der Waals surface area contributed by atoms with Gasteiger partial charge in [-0.2, -0.15) is 4.31 Å². The Balaban J connectivity index is 0.00000180. The molecule has 0 saturated carbocycles. The van der Waals surface area contributed by atoms with Crippen molar-refractivity contribution in [2.24, 2.45) is 11.7 Å². The van der Waals surface area contributed by atoms with Crippen LogP contribution in [0.2, 0.25) is 0 Å². The lowest BCUT2D eigenvalue weighted by Gasteiger charge is -2.17. The van der Waals surface area contributed by atoms with Gasteiger partial charge in [0.05, 0.1) is 4.90 Å². The summed E-state index contributed by atoms with van der Waals surface area (Å²) in [5, 5.41) is 0. The Morgan fingerprint density at radius 2 is 2.00 bits per heavy atom. The first kappa shape index (κ1) is 16.4. The van der Waals surface area contributed by atoms with Crippen LogP contribution in [0.25, 0.3) is 0 Å². The molecule has 1 aromatic rings. The van der Waals surface area contributed by atoms with Gasteiger partial charge in [0, 0.05) is 19.1 Å². The Bertz CT molecular complexity index is 555. The average molecular weight is 309 g/mol. The van der Waals surface area contributed by atoms with Crippen LogP contribution in [0.1, 0.15) is 12.5 Å². The second-order valence-electron chi connectivity index (χ2n) is 4.87. The van der Waals surface area contributed by atoms with Gasteiger partial charge in [0.1, 0.15) is 5.82 Å². The van der Waals surface area contributed by atoms with Crippen molar-refractivity contribution in [1.82, 2.24) is 4.31 Å². The molecule has 19 heavy (non-hydrogen) atoms. The summed E-state index contributed by atoms with van der Waals surface area (Å²) in [6.45, 7) is 4.25. The van der Waals surface area contributed by atoms with E-state index < -0.39 is 15.8 Å². The highest BCUT2D eigenvalue weighted by molar-refractivity contribution is 7.89. The lowest BCUT2D eigenvalue weighted by atomic mass is 10.1. The van der Waals surface area contributed by atoms with Crippen LogP contribution in [0, 0.1) is 18.7 Å². The van der Waals surface area contributed by atoms with Gasteiger partial charge in [-0.25, -0.2) is 12.8 Å². The Labute approximate surface area is 119 Å². The summed E-state index contributed by atoms with van der Waals surface area (Å²) in [6, 6.07) is 3.64. The third-order valence-corrected chi connectivity index (χ3v) is 5.38. The summed E-state index contributed by atoms with van der Waals surface area (Å²) in [6.07, 6.45) is 0. The topological polar surface area (TPSA) is 63.4 Å². The molecule has 4 nitrogen and oxygen atoms in total. The van der Waals surface area contributed by atoms with Gasteiger partial charge in [-0.15, -0.1) is 12.4 Å². The molecule has 1 aliphatic heterocycles. The van der Waals surface area contributed by atoms with Crippen LogP contribution in [-0.2, 0) is 10.0 Å². The highest BCUT2D eigenvalue weighted by atomic mass is 35.5. The third kappa shape index (κ3) is 3.08. The number of nitrogens with two attached hydrogens (primary N) is 1. The molecule has 0 spiro atoms. The molecule has 0 aliphatic carbocycles. The molecule has 2 N–H and O–H groups in total. The average Bonchev–Trinajstić information content (AvgIpc) is 2.63. The molecule has 2 rings (SSSR count). The van der Waals surface area contributed by atoms with Crippen LogP contribution in [-0.4, -0.2) is 31.9 Å². The number of halogens is 2. The molecule has 1 saturated heterocycles. The van der Waals surface area contributed by atoms with Crippen LogP contribution in [0.5, 0.6) is 0 Å². The van der Waals surface area contributed by atoms with Crippen molar-refractivity contribution in [2.45, 2.75) is 24.8 Å². The monoisotopic (exact) mass is 308 g/mol. The summed E-state index contributed by atoms with van der Waals surface area (Å²) in [5.41, 5.74) is 6.38. The number of aryl methyl sites for hydroxylation is 1. The molecule has 2 unspecified atom stereocenters. The van der Waals surface area contributed by atoms with Crippen LogP contribution in [0.3, 0.4) is 0 Å². The standard InChI is InChI=1S/C12H17FN2O2S.ClH/c1-8-3-4-10(13)5-12(8)18(16,17)15-6-9(2)11(14)7-15;/h3-5,9,11H,6-7,14H2,1-2H3;1H. The minimum Gasteiger partial charge on any atom is -0.326 e. The molecule has 0 radical (unpaired) electrons. The Hall–Kier alpha value is -0.690. The zero-order valence-electron chi connectivity index (χ0n) is 10.8. The maximum atomic E-state index is 13.2. The minimum atomic E-state index is -3.64. The van der Waals surface area contributed by atoms with Crippen LogP contribution in [0.15, 0.2) is 23.1 Å². The second kappa shape index (κ2) is 5.75. The van der Waals surface area contributed by atoms with E-state index in [0.29, 0.717) is 18.7 Å². The molecule has 2 atom stereocenters. The van der Waals surface area contributed by atoms with Crippen molar-refractivity contribution in [3.63, 3.8) is 0 Å². The third-order valence-electron chi connectivity index (χ3n) is 3.40. The van der Waals surface area contributed by atoms with E-state index in [1.54, 1.807) is 6.92 Å². The molecule has 7 heteroatoms. The van der Waals surface area contributed by atoms with E-state index in [0.717, 1.165) is 6.07 Å². The molecule has 0 bridgehead atoms. The Kier molecular flexibility index (Phi) is 4.95. The van der Waals surface area contributed by atoms with E-state index in [9.17, 15) is 12.8 Å². The number of hydrogen-bond acceptors (Lipinski definition) is 3. The van der Waals surface area contributed by atoms with Crippen LogP contribution >= 0.6 is 12.4 Å². The predicted octanol–water partition coefficient (Wildman–Crippen LogP) is 1.52. The fraction of sp³-hybridized carbons (Fsp3) is 0.500. The number of hydrogen-bond donors (Lipinski definition) is 1. The van der Waals surface area contributed by atoms with Gasteiger partial charge < -0.3 is 5.73 Å². The van der Waals surface area contributed by atoms with E-state index in [2.05, 4.69) is 0 Å². The van der Waals surface area contributed by atoms with Gasteiger partial charge >= 0.3 is 0 Å². The molecule has 0 amide bonds. The number of benzene rings is 1. The highest BCUT2D eigenvalue weighted by Crippen LogP contribution is 2.26. The molecular formula is C12H18ClFN2O2S. The van der Waals surface area contributed by atoms with E-state index in [4.69, 9.17) is 5.73 Å². The molecule has 1 aromatic carbocycles. The van der Waals surface area contributed by atoms with Gasteiger partial charge in [-0.05, 0) is 30.5 Å². The first-order valence-corrected chi connectivity index (χ1v) is 7.28. The molecule has 1 fully saturated rings. The fourth-order valence-electron chi connectivity index (χ4n) is 2.13. The maximum absolute atomic E-state index is 13.2. The molecular weight excluding hydrogens is 291 g/mol. The Morgan fingerprint density at radius 3 is 2.53 bits per heavy atom. The highest BCUT2D eigenvalue weighted by Gasteiger charge is 2.36. The van der Waals surface area contributed by atoms with Gasteiger partial charge in [0.15, 0.2) is 0 Å². The van der Waals surface area contributed by atoms with Gasteiger partial charge in [0.25, 0.3) is 0 Å².